The largest absolute Gasteiger partial charge is 0.364 e. The highest BCUT2D eigenvalue weighted by atomic mass is 32.2. The highest BCUT2D eigenvalue weighted by molar-refractivity contribution is 8.01. The van der Waals surface area contributed by atoms with Crippen molar-refractivity contribution < 1.29 is 4.79 Å². The Morgan fingerprint density at radius 2 is 2.40 bits per heavy atom. The Hall–Kier alpha value is -1.40. The van der Waals surface area contributed by atoms with Crippen LogP contribution in [-0.2, 0) is 0 Å². The Balaban J connectivity index is 2.32. The van der Waals surface area contributed by atoms with E-state index >= 15 is 0 Å². The first-order valence-electron chi connectivity index (χ1n) is 4.08. The van der Waals surface area contributed by atoms with Crippen LogP contribution in [0.15, 0.2) is 39.1 Å². The van der Waals surface area contributed by atoms with Gasteiger partial charge in [0.1, 0.15) is 5.69 Å². The number of thiazole rings is 1. The Labute approximate surface area is 94.6 Å². The van der Waals surface area contributed by atoms with E-state index in [1.54, 1.807) is 24.0 Å². The summed E-state index contributed by atoms with van der Waals surface area (Å²) < 4.78 is 1.01. The van der Waals surface area contributed by atoms with E-state index in [1.165, 1.54) is 23.1 Å². The molecule has 0 aliphatic rings. The lowest BCUT2D eigenvalue weighted by molar-refractivity contribution is 0.0992. The van der Waals surface area contributed by atoms with E-state index < -0.39 is 5.91 Å². The number of hydrogen-bond acceptors (Lipinski definition) is 5. The number of carbonyl (C=O) groups excluding carboxylic acids is 1. The lowest BCUT2D eigenvalue weighted by Crippen LogP contribution is -2.13. The summed E-state index contributed by atoms with van der Waals surface area (Å²) in [5.41, 5.74) is 7.26. The van der Waals surface area contributed by atoms with Gasteiger partial charge in [-0.2, -0.15) is 0 Å². The molecule has 0 atom stereocenters. The number of hydrogen-bond donors (Lipinski definition) is 1. The van der Waals surface area contributed by atoms with Crippen LogP contribution >= 0.6 is 23.1 Å². The highest BCUT2D eigenvalue weighted by Crippen LogP contribution is 2.31. The number of aromatic nitrogens is 2. The standard InChI is InChI=1S/C9H7N3OS2/c10-9(13)8-6(2-1-3-12-8)15-7-4-11-5-14-7/h1-5H,(H2,10,13). The quantitative estimate of drug-likeness (QED) is 0.883. The van der Waals surface area contributed by atoms with Crippen molar-refractivity contribution in [3.05, 3.63) is 35.7 Å². The summed E-state index contributed by atoms with van der Waals surface area (Å²) in [6.07, 6.45) is 3.30. The lowest BCUT2D eigenvalue weighted by atomic mass is 10.3. The van der Waals surface area contributed by atoms with Crippen LogP contribution in [0.1, 0.15) is 10.5 Å². The number of nitrogens with zero attached hydrogens (tertiary/aromatic N) is 2. The van der Waals surface area contributed by atoms with Gasteiger partial charge in [-0.05, 0) is 12.1 Å². The SMILES string of the molecule is NC(=O)c1ncccc1Sc1cncs1. The fraction of sp³-hybridized carbons (Fsp3) is 0. The maximum Gasteiger partial charge on any atom is 0.268 e. The second-order valence-corrected chi connectivity index (χ2v) is 4.87. The van der Waals surface area contributed by atoms with Gasteiger partial charge in [-0.1, -0.05) is 11.8 Å². The summed E-state index contributed by atoms with van der Waals surface area (Å²) in [5, 5.41) is 0. The van der Waals surface area contributed by atoms with Crippen LogP contribution in [0.2, 0.25) is 0 Å². The molecule has 0 saturated heterocycles. The second kappa shape index (κ2) is 4.41. The van der Waals surface area contributed by atoms with E-state index in [1.807, 2.05) is 6.07 Å². The van der Waals surface area contributed by atoms with Gasteiger partial charge in [-0.3, -0.25) is 9.78 Å². The van der Waals surface area contributed by atoms with E-state index in [0.717, 1.165) is 9.10 Å². The molecular weight excluding hydrogens is 230 g/mol. The van der Waals surface area contributed by atoms with E-state index in [9.17, 15) is 4.79 Å². The molecule has 1 amide bonds. The van der Waals surface area contributed by atoms with Gasteiger partial charge in [-0.15, -0.1) is 11.3 Å². The third kappa shape index (κ3) is 2.34. The average Bonchev–Trinajstić information content (AvgIpc) is 2.71. The maximum absolute atomic E-state index is 11.1. The molecule has 6 heteroatoms. The van der Waals surface area contributed by atoms with Crippen molar-refractivity contribution in [2.45, 2.75) is 9.10 Å². The van der Waals surface area contributed by atoms with Crippen molar-refractivity contribution in [3.63, 3.8) is 0 Å². The van der Waals surface area contributed by atoms with E-state index in [2.05, 4.69) is 9.97 Å². The minimum Gasteiger partial charge on any atom is -0.364 e. The third-order valence-electron chi connectivity index (χ3n) is 1.62. The smallest absolute Gasteiger partial charge is 0.268 e. The predicted molar refractivity (Wildman–Crippen MR) is 59.0 cm³/mol. The summed E-state index contributed by atoms with van der Waals surface area (Å²) in [4.78, 5) is 19.7. The van der Waals surface area contributed by atoms with Crippen molar-refractivity contribution in [2.24, 2.45) is 5.73 Å². The Morgan fingerprint density at radius 1 is 1.53 bits per heavy atom. The van der Waals surface area contributed by atoms with Crippen molar-refractivity contribution >= 4 is 29.0 Å². The molecule has 76 valence electrons. The molecule has 0 radical (unpaired) electrons. The van der Waals surface area contributed by atoms with Crippen molar-refractivity contribution in [1.29, 1.82) is 0 Å². The molecule has 0 fully saturated rings. The number of amides is 1. The molecule has 0 spiro atoms. The molecule has 2 aromatic heterocycles. The molecule has 2 heterocycles. The van der Waals surface area contributed by atoms with E-state index in [4.69, 9.17) is 5.73 Å². The van der Waals surface area contributed by atoms with Gasteiger partial charge in [0, 0.05) is 11.1 Å². The molecule has 4 nitrogen and oxygen atoms in total. The van der Waals surface area contributed by atoms with Gasteiger partial charge < -0.3 is 5.73 Å². The monoisotopic (exact) mass is 237 g/mol. The molecule has 2 rings (SSSR count). The van der Waals surface area contributed by atoms with E-state index in [0.29, 0.717) is 5.69 Å². The Kier molecular flexibility index (Phi) is 2.98. The number of rotatable bonds is 3. The van der Waals surface area contributed by atoms with Crippen LogP contribution in [0.25, 0.3) is 0 Å². The summed E-state index contributed by atoms with van der Waals surface area (Å²) in [5.74, 6) is -0.511. The third-order valence-corrected chi connectivity index (χ3v) is 3.58. The van der Waals surface area contributed by atoms with Crippen LogP contribution in [-0.4, -0.2) is 15.9 Å². The lowest BCUT2D eigenvalue weighted by Gasteiger charge is -2.02. The van der Waals surface area contributed by atoms with Gasteiger partial charge in [0.05, 0.1) is 15.9 Å². The van der Waals surface area contributed by atoms with Crippen molar-refractivity contribution in [3.8, 4) is 0 Å². The first kappa shape index (κ1) is 10.1. The minimum absolute atomic E-state index is 0.302. The zero-order chi connectivity index (χ0) is 10.7. The van der Waals surface area contributed by atoms with Crippen LogP contribution < -0.4 is 5.73 Å². The predicted octanol–water partition coefficient (Wildman–Crippen LogP) is 1.79. The van der Waals surface area contributed by atoms with Crippen molar-refractivity contribution in [1.82, 2.24) is 9.97 Å². The Morgan fingerprint density at radius 3 is 3.07 bits per heavy atom. The van der Waals surface area contributed by atoms with Gasteiger partial charge in [0.25, 0.3) is 5.91 Å². The second-order valence-electron chi connectivity index (χ2n) is 2.64. The fourth-order valence-corrected chi connectivity index (χ4v) is 2.69. The highest BCUT2D eigenvalue weighted by Gasteiger charge is 2.10. The summed E-state index contributed by atoms with van der Waals surface area (Å²) in [7, 11) is 0. The van der Waals surface area contributed by atoms with Crippen LogP contribution in [0.3, 0.4) is 0 Å². The van der Waals surface area contributed by atoms with Crippen LogP contribution in [0, 0.1) is 0 Å². The number of carbonyl (C=O) groups is 1. The van der Waals surface area contributed by atoms with Gasteiger partial charge in [0.2, 0.25) is 0 Å². The molecule has 0 bridgehead atoms. The normalized spacial score (nSPS) is 10.1. The number of pyridine rings is 1. The van der Waals surface area contributed by atoms with Gasteiger partial charge in [0.15, 0.2) is 0 Å². The summed E-state index contributed by atoms with van der Waals surface area (Å²) in [6.45, 7) is 0. The van der Waals surface area contributed by atoms with E-state index in [-0.39, 0.29) is 0 Å². The first-order valence-corrected chi connectivity index (χ1v) is 5.78. The topological polar surface area (TPSA) is 68.9 Å². The first-order chi connectivity index (χ1) is 7.27. The molecule has 0 saturated carbocycles. The minimum atomic E-state index is -0.511. The molecule has 2 N–H and O–H groups in total. The summed E-state index contributed by atoms with van der Waals surface area (Å²) in [6, 6.07) is 3.59. The molecule has 2 aromatic rings. The average molecular weight is 237 g/mol. The molecule has 0 aliphatic carbocycles. The fourth-order valence-electron chi connectivity index (χ4n) is 1.02. The molecule has 0 aliphatic heterocycles. The van der Waals surface area contributed by atoms with Gasteiger partial charge in [-0.25, -0.2) is 4.98 Å². The summed E-state index contributed by atoms with van der Waals surface area (Å²) >= 11 is 2.95. The zero-order valence-electron chi connectivity index (χ0n) is 7.58. The molecule has 0 unspecified atom stereocenters. The molecule has 0 aromatic carbocycles. The van der Waals surface area contributed by atoms with Crippen LogP contribution in [0.5, 0.6) is 0 Å². The van der Waals surface area contributed by atoms with Crippen LogP contribution in [0.4, 0.5) is 0 Å². The molecule has 15 heavy (non-hydrogen) atoms. The van der Waals surface area contributed by atoms with Gasteiger partial charge >= 0.3 is 0 Å². The Bertz CT molecular complexity index is 470. The maximum atomic E-state index is 11.1. The zero-order valence-corrected chi connectivity index (χ0v) is 9.22. The number of nitrogens with two attached hydrogens (primary N) is 1. The number of primary amides is 1. The molecular formula is C9H7N3OS2. The van der Waals surface area contributed by atoms with Crippen molar-refractivity contribution in [2.75, 3.05) is 0 Å².